The minimum absolute atomic E-state index is 0.0461. The number of halogens is 1. The molecular weight excluding hydrogens is 292 g/mol. The predicted octanol–water partition coefficient (Wildman–Crippen LogP) is 0.736. The molecule has 1 aliphatic heterocycles. The van der Waals surface area contributed by atoms with Gasteiger partial charge >= 0.3 is 0 Å². The highest BCUT2D eigenvalue weighted by Gasteiger charge is 2.20. The predicted molar refractivity (Wildman–Crippen MR) is 81.4 cm³/mol. The molecule has 0 aliphatic carbocycles. The van der Waals surface area contributed by atoms with E-state index in [1.807, 2.05) is 0 Å². The van der Waals surface area contributed by atoms with Crippen LogP contribution >= 0.6 is 11.6 Å². The zero-order valence-corrected chi connectivity index (χ0v) is 12.3. The second kappa shape index (κ2) is 6.11. The monoisotopic (exact) mass is 308 g/mol. The summed E-state index contributed by atoms with van der Waals surface area (Å²) >= 11 is 5.90. The molecule has 0 bridgehead atoms. The molecule has 2 heterocycles. The van der Waals surface area contributed by atoms with Crippen LogP contribution in [0.5, 0.6) is 0 Å². The van der Waals surface area contributed by atoms with E-state index < -0.39 is 0 Å². The fraction of sp³-hybridized carbons (Fsp3) is 0.429. The Balaban J connectivity index is 1.84. The van der Waals surface area contributed by atoms with Crippen molar-refractivity contribution in [3.05, 3.63) is 39.4 Å². The van der Waals surface area contributed by atoms with E-state index in [1.54, 1.807) is 18.2 Å². The highest BCUT2D eigenvalue weighted by atomic mass is 35.5. The summed E-state index contributed by atoms with van der Waals surface area (Å²) in [5.41, 5.74) is 6.12. The summed E-state index contributed by atoms with van der Waals surface area (Å²) in [6, 6.07) is 5.13. The number of benzene rings is 1. The molecule has 6 nitrogen and oxygen atoms in total. The van der Waals surface area contributed by atoms with Crippen LogP contribution in [0.4, 0.5) is 0 Å². The Morgan fingerprint density at radius 1 is 1.52 bits per heavy atom. The maximum Gasteiger partial charge on any atom is 0.258 e. The van der Waals surface area contributed by atoms with Crippen molar-refractivity contribution in [1.82, 2.24) is 14.9 Å². The third kappa shape index (κ3) is 3.24. The van der Waals surface area contributed by atoms with Crippen LogP contribution in [-0.2, 0) is 11.3 Å². The standard InChI is InChI=1S/C14H17ClN4O2/c15-9-1-2-12-11(5-9)14(20)18-13(17-12)8-19-3-4-21-10(6-16)7-19/h1-2,5,10H,3-4,6-8,16H2,(H,17,18,20). The first kappa shape index (κ1) is 14.5. The van der Waals surface area contributed by atoms with Crippen LogP contribution in [0.15, 0.2) is 23.0 Å². The highest BCUT2D eigenvalue weighted by molar-refractivity contribution is 6.31. The quantitative estimate of drug-likeness (QED) is 0.873. The van der Waals surface area contributed by atoms with Crippen molar-refractivity contribution < 1.29 is 4.74 Å². The van der Waals surface area contributed by atoms with Crippen LogP contribution in [0.1, 0.15) is 5.82 Å². The van der Waals surface area contributed by atoms with Gasteiger partial charge in [0.15, 0.2) is 0 Å². The van der Waals surface area contributed by atoms with Crippen molar-refractivity contribution in [3.8, 4) is 0 Å². The number of aromatic nitrogens is 2. The summed E-state index contributed by atoms with van der Waals surface area (Å²) in [5.74, 6) is 0.646. The van der Waals surface area contributed by atoms with Gasteiger partial charge in [-0.15, -0.1) is 0 Å². The first-order valence-corrected chi connectivity index (χ1v) is 7.26. The number of hydrogen-bond acceptors (Lipinski definition) is 5. The van der Waals surface area contributed by atoms with Gasteiger partial charge in [0.25, 0.3) is 5.56 Å². The normalized spacial score (nSPS) is 20.0. The van der Waals surface area contributed by atoms with Crippen molar-refractivity contribution in [2.75, 3.05) is 26.2 Å². The van der Waals surface area contributed by atoms with Crippen LogP contribution in [0.3, 0.4) is 0 Å². The lowest BCUT2D eigenvalue weighted by molar-refractivity contribution is -0.0268. The van der Waals surface area contributed by atoms with Gasteiger partial charge in [-0.05, 0) is 18.2 Å². The first-order valence-electron chi connectivity index (χ1n) is 6.88. The average Bonchev–Trinajstić information content (AvgIpc) is 2.48. The van der Waals surface area contributed by atoms with E-state index in [9.17, 15) is 4.79 Å². The molecule has 1 unspecified atom stereocenters. The lowest BCUT2D eigenvalue weighted by Gasteiger charge is -2.31. The van der Waals surface area contributed by atoms with Gasteiger partial charge in [-0.3, -0.25) is 9.69 Å². The zero-order valence-electron chi connectivity index (χ0n) is 11.5. The van der Waals surface area contributed by atoms with Crippen LogP contribution in [0.2, 0.25) is 5.02 Å². The number of H-pyrrole nitrogens is 1. The van der Waals surface area contributed by atoms with E-state index in [2.05, 4.69) is 14.9 Å². The minimum atomic E-state index is -0.166. The van der Waals surface area contributed by atoms with Crippen molar-refractivity contribution in [2.45, 2.75) is 12.6 Å². The maximum absolute atomic E-state index is 12.1. The van der Waals surface area contributed by atoms with Crippen molar-refractivity contribution in [1.29, 1.82) is 0 Å². The van der Waals surface area contributed by atoms with E-state index in [0.717, 1.165) is 13.1 Å². The Bertz CT molecular complexity index is 703. The molecule has 3 N–H and O–H groups in total. The molecule has 1 saturated heterocycles. The van der Waals surface area contributed by atoms with Crippen molar-refractivity contribution in [3.63, 3.8) is 0 Å². The summed E-state index contributed by atoms with van der Waals surface area (Å²) in [5, 5.41) is 1.04. The van der Waals surface area contributed by atoms with Gasteiger partial charge in [-0.1, -0.05) is 11.6 Å². The number of ether oxygens (including phenoxy) is 1. The molecule has 21 heavy (non-hydrogen) atoms. The molecule has 1 aromatic carbocycles. The number of nitrogens with zero attached hydrogens (tertiary/aromatic N) is 2. The van der Waals surface area contributed by atoms with Gasteiger partial charge in [0.05, 0.1) is 30.2 Å². The van der Waals surface area contributed by atoms with Gasteiger partial charge < -0.3 is 15.5 Å². The molecular formula is C14H17ClN4O2. The van der Waals surface area contributed by atoms with E-state index >= 15 is 0 Å². The molecule has 3 rings (SSSR count). The zero-order chi connectivity index (χ0) is 14.8. The van der Waals surface area contributed by atoms with E-state index in [0.29, 0.717) is 41.4 Å². The second-order valence-corrected chi connectivity index (χ2v) is 5.57. The summed E-state index contributed by atoms with van der Waals surface area (Å²) in [6.07, 6.45) is 0.0461. The smallest absolute Gasteiger partial charge is 0.258 e. The Labute approximate surface area is 126 Å². The topological polar surface area (TPSA) is 84.2 Å². The van der Waals surface area contributed by atoms with E-state index in [1.165, 1.54) is 0 Å². The number of hydrogen-bond donors (Lipinski definition) is 2. The lowest BCUT2D eigenvalue weighted by Crippen LogP contribution is -2.45. The van der Waals surface area contributed by atoms with Gasteiger partial charge in [0.1, 0.15) is 5.82 Å². The van der Waals surface area contributed by atoms with Gasteiger partial charge in [-0.2, -0.15) is 0 Å². The molecule has 112 valence electrons. The Hall–Kier alpha value is -1.47. The van der Waals surface area contributed by atoms with Crippen LogP contribution in [0, 0.1) is 0 Å². The third-order valence-corrected chi connectivity index (χ3v) is 3.81. The van der Waals surface area contributed by atoms with Gasteiger partial charge in [0, 0.05) is 24.7 Å². The number of nitrogens with two attached hydrogens (primary N) is 1. The van der Waals surface area contributed by atoms with Crippen LogP contribution in [-0.4, -0.2) is 47.2 Å². The fourth-order valence-electron chi connectivity index (χ4n) is 2.51. The molecule has 2 aromatic rings. The van der Waals surface area contributed by atoms with Gasteiger partial charge in [-0.25, -0.2) is 4.98 Å². The molecule has 1 fully saturated rings. The largest absolute Gasteiger partial charge is 0.374 e. The molecule has 0 amide bonds. The summed E-state index contributed by atoms with van der Waals surface area (Å²) in [6.45, 7) is 3.28. The van der Waals surface area contributed by atoms with Crippen LogP contribution < -0.4 is 11.3 Å². The second-order valence-electron chi connectivity index (χ2n) is 5.14. The highest BCUT2D eigenvalue weighted by Crippen LogP contribution is 2.15. The minimum Gasteiger partial charge on any atom is -0.374 e. The molecule has 7 heteroatoms. The van der Waals surface area contributed by atoms with Gasteiger partial charge in [0.2, 0.25) is 0 Å². The third-order valence-electron chi connectivity index (χ3n) is 3.58. The Kier molecular flexibility index (Phi) is 4.21. The summed E-state index contributed by atoms with van der Waals surface area (Å²) in [7, 11) is 0. The molecule has 0 radical (unpaired) electrons. The fourth-order valence-corrected chi connectivity index (χ4v) is 2.68. The number of morpholine rings is 1. The van der Waals surface area contributed by atoms with Crippen molar-refractivity contribution >= 4 is 22.5 Å². The lowest BCUT2D eigenvalue weighted by atomic mass is 10.2. The van der Waals surface area contributed by atoms with Crippen LogP contribution in [0.25, 0.3) is 10.9 Å². The number of rotatable bonds is 3. The van der Waals surface area contributed by atoms with E-state index in [-0.39, 0.29) is 11.7 Å². The first-order chi connectivity index (χ1) is 10.2. The van der Waals surface area contributed by atoms with Crippen molar-refractivity contribution in [2.24, 2.45) is 5.73 Å². The molecule has 1 atom stereocenters. The molecule has 1 aliphatic rings. The molecule has 1 aromatic heterocycles. The Morgan fingerprint density at radius 3 is 3.19 bits per heavy atom. The SMILES string of the molecule is NCC1CN(Cc2nc3ccc(Cl)cc3c(=O)[nH]2)CCO1. The number of fused-ring (bicyclic) bond motifs is 1. The number of aromatic amines is 1. The molecule has 0 saturated carbocycles. The van der Waals surface area contributed by atoms with E-state index in [4.69, 9.17) is 22.1 Å². The number of nitrogens with one attached hydrogen (secondary N) is 1. The Morgan fingerprint density at radius 2 is 2.38 bits per heavy atom. The average molecular weight is 309 g/mol. The summed E-state index contributed by atoms with van der Waals surface area (Å²) in [4.78, 5) is 21.6. The molecule has 0 spiro atoms. The maximum atomic E-state index is 12.1. The summed E-state index contributed by atoms with van der Waals surface area (Å²) < 4.78 is 5.53.